The van der Waals surface area contributed by atoms with Crippen LogP contribution in [0.1, 0.15) is 78.9 Å². The summed E-state index contributed by atoms with van der Waals surface area (Å²) in [6.07, 6.45) is 6.74. The number of aliphatic hydroxyl groups excluding tert-OH is 2. The number of aromatic nitrogens is 1. The van der Waals surface area contributed by atoms with Gasteiger partial charge in [-0.1, -0.05) is 48.3 Å². The quantitative estimate of drug-likeness (QED) is 0.0270. The normalized spacial score (nSPS) is 21.2. The number of ether oxygens (including phenoxy) is 4. The summed E-state index contributed by atoms with van der Waals surface area (Å²) in [6, 6.07) is 27.0. The third kappa shape index (κ3) is 12.1. The van der Waals surface area contributed by atoms with Crippen LogP contribution in [-0.4, -0.2) is 73.4 Å². The number of nitrogens with zero attached hydrogens (tertiary/aromatic N) is 5. The van der Waals surface area contributed by atoms with Gasteiger partial charge in [0, 0.05) is 67.6 Å². The number of amides is 1. The molecule has 4 aromatic carbocycles. The van der Waals surface area contributed by atoms with Crippen LogP contribution in [-0.2, 0) is 29.3 Å². The molecule has 1 amide bonds. The minimum atomic E-state index is -1.72. The fourth-order valence-electron chi connectivity index (χ4n) is 10.4. The molecule has 0 bridgehead atoms. The van der Waals surface area contributed by atoms with Crippen LogP contribution in [0.5, 0.6) is 17.2 Å². The molecule has 17 nitrogen and oxygen atoms in total. The van der Waals surface area contributed by atoms with Gasteiger partial charge < -0.3 is 34.0 Å². The number of nitro benzene ring substituents is 2. The molecule has 0 spiro atoms. The van der Waals surface area contributed by atoms with Crippen LogP contribution in [0.3, 0.4) is 0 Å². The van der Waals surface area contributed by atoms with Gasteiger partial charge in [-0.25, -0.2) is 9.18 Å². The first-order chi connectivity index (χ1) is 35.4. The number of hydrogen-bond acceptors (Lipinski definition) is 14. The topological polar surface area (TPSA) is 218 Å². The van der Waals surface area contributed by atoms with Crippen LogP contribution in [0.15, 0.2) is 139 Å². The van der Waals surface area contributed by atoms with E-state index >= 15 is 4.79 Å². The molecule has 0 saturated heterocycles. The molecular weight excluding hydrogens is 942 g/mol. The smallest absolute Gasteiger partial charge is 0.416 e. The molecule has 18 heteroatoms. The number of carbonyl (C=O) groups is 1. The summed E-state index contributed by atoms with van der Waals surface area (Å²) in [5, 5.41) is 48.0. The summed E-state index contributed by atoms with van der Waals surface area (Å²) in [6.45, 7) is 5.87. The second-order valence-corrected chi connectivity index (χ2v) is 18.4. The van der Waals surface area contributed by atoms with E-state index in [2.05, 4.69) is 17.6 Å². The maximum absolute atomic E-state index is 15.1. The van der Waals surface area contributed by atoms with Gasteiger partial charge in [-0.2, -0.15) is 0 Å². The van der Waals surface area contributed by atoms with Crippen molar-refractivity contribution in [2.24, 2.45) is 22.9 Å². The molecule has 0 unspecified atom stereocenters. The average Bonchev–Trinajstić information content (AvgIpc) is 3.39. The van der Waals surface area contributed by atoms with E-state index in [1.807, 2.05) is 43.3 Å². The zero-order valence-electron chi connectivity index (χ0n) is 40.4. The second kappa shape index (κ2) is 23.8. The van der Waals surface area contributed by atoms with Gasteiger partial charge in [0.1, 0.15) is 42.3 Å². The van der Waals surface area contributed by atoms with Crippen molar-refractivity contribution in [3.8, 4) is 17.2 Å². The summed E-state index contributed by atoms with van der Waals surface area (Å²) < 4.78 is 41.5. The number of aliphatic hydroxyl groups is 2. The molecule has 1 saturated carbocycles. The fourth-order valence-corrected chi connectivity index (χ4v) is 10.4. The summed E-state index contributed by atoms with van der Waals surface area (Å²) in [7, 11) is 0. The van der Waals surface area contributed by atoms with E-state index in [1.165, 1.54) is 53.4 Å². The lowest BCUT2D eigenvalue weighted by molar-refractivity contribution is -0.385. The van der Waals surface area contributed by atoms with Crippen LogP contribution in [0.2, 0.25) is 0 Å². The lowest BCUT2D eigenvalue weighted by Crippen LogP contribution is -2.70. The summed E-state index contributed by atoms with van der Waals surface area (Å²) in [4.78, 5) is 49.4. The van der Waals surface area contributed by atoms with Crippen molar-refractivity contribution in [3.05, 3.63) is 188 Å². The maximum atomic E-state index is 15.1. The fraction of sp³-hybridized carbons (Fsp3) is 0.364. The molecule has 382 valence electrons. The Kier molecular flexibility index (Phi) is 16.9. The number of fused-ring (bicyclic) bond motifs is 2. The second-order valence-electron chi connectivity index (χ2n) is 18.4. The molecule has 6 atom stereocenters. The van der Waals surface area contributed by atoms with Crippen LogP contribution in [0.4, 0.5) is 20.6 Å². The molecule has 73 heavy (non-hydrogen) atoms. The van der Waals surface area contributed by atoms with E-state index < -0.39 is 45.4 Å². The number of halogens is 1. The van der Waals surface area contributed by atoms with E-state index in [0.29, 0.717) is 66.9 Å². The molecule has 2 heterocycles. The molecule has 8 rings (SSSR count). The van der Waals surface area contributed by atoms with Gasteiger partial charge in [-0.15, -0.1) is 6.58 Å². The van der Waals surface area contributed by atoms with Crippen LogP contribution < -0.4 is 14.2 Å². The number of oxime groups is 1. The largest absolute Gasteiger partial charge is 0.487 e. The van der Waals surface area contributed by atoms with E-state index in [9.17, 15) is 34.8 Å². The first-order valence-corrected chi connectivity index (χ1v) is 24.4. The Bertz CT molecular complexity index is 2810. The molecule has 2 aliphatic carbocycles. The average molecular weight is 1000 g/mol. The number of non-ortho nitro benzene ring substituents is 2. The highest BCUT2D eigenvalue weighted by molar-refractivity contribution is 6.03. The molecule has 5 aromatic rings. The van der Waals surface area contributed by atoms with Gasteiger partial charge in [0.25, 0.3) is 11.4 Å². The van der Waals surface area contributed by atoms with Crippen molar-refractivity contribution in [1.82, 2.24) is 9.88 Å². The number of unbranched alkanes of at least 4 members (excludes halogenated alkanes) is 2. The predicted octanol–water partition coefficient (Wildman–Crippen LogP) is 10.5. The third-order valence-electron chi connectivity index (χ3n) is 13.7. The Labute approximate surface area is 421 Å². The van der Waals surface area contributed by atoms with Crippen LogP contribution in [0.25, 0.3) is 0 Å². The van der Waals surface area contributed by atoms with Crippen molar-refractivity contribution in [3.63, 3.8) is 0 Å². The Morgan fingerprint density at radius 2 is 1.56 bits per heavy atom. The standard InChI is InChI=1S/C55H58FN5O12/c1-3-29-70-55-51(59(33-37-13-17-40(56)18-14-37)54(64)72-44-23-21-43(22-24-44)61(67)68)32-49(58-71-34-38-15-19-42(20-16-38)60(65)66)47-30-39(10-4-6-27-62)46(12-5-7-28-63)52(53(47)55)48-31-45(25-26-50(48)73-55)69-35-41-11-8-9-36(2)57-41/h3,8-9,11,13-26,30-31,39,46,51-53,62-63H,1,4-7,10,12,27-29,32-35H2,2H3/t39-,46+,51-,52+,53+,55+/m0/s1. The van der Waals surface area contributed by atoms with Gasteiger partial charge >= 0.3 is 6.09 Å². The zero-order valence-corrected chi connectivity index (χ0v) is 40.4. The number of pyridine rings is 1. The highest BCUT2D eigenvalue weighted by atomic mass is 19.1. The number of rotatable bonds is 23. The minimum Gasteiger partial charge on any atom is -0.487 e. The van der Waals surface area contributed by atoms with Gasteiger partial charge in [0.2, 0.25) is 5.79 Å². The van der Waals surface area contributed by atoms with Crippen molar-refractivity contribution in [1.29, 1.82) is 0 Å². The van der Waals surface area contributed by atoms with Gasteiger partial charge in [0.05, 0.1) is 33.8 Å². The first-order valence-electron chi connectivity index (χ1n) is 24.4. The first kappa shape index (κ1) is 51.8. The number of carbonyl (C=O) groups excluding carboxylic acids is 1. The van der Waals surface area contributed by atoms with E-state index in [4.69, 9.17) is 28.9 Å². The number of aryl methyl sites for hydroxylation is 1. The molecule has 3 aliphatic rings. The summed E-state index contributed by atoms with van der Waals surface area (Å²) in [5.41, 5.74) is 4.46. The van der Waals surface area contributed by atoms with E-state index in [1.54, 1.807) is 30.3 Å². The molecule has 0 radical (unpaired) electrons. The number of nitro groups is 2. The number of hydrogen-bond donors (Lipinski definition) is 2. The Morgan fingerprint density at radius 3 is 2.23 bits per heavy atom. The summed E-state index contributed by atoms with van der Waals surface area (Å²) in [5.74, 6) is -2.53. The minimum absolute atomic E-state index is 0.00561. The lowest BCUT2D eigenvalue weighted by Gasteiger charge is -2.59. The molecule has 1 aliphatic heterocycles. The highest BCUT2D eigenvalue weighted by Crippen LogP contribution is 2.62. The lowest BCUT2D eigenvalue weighted by atomic mass is 9.55. The number of allylic oxidation sites excluding steroid dienone is 1. The van der Waals surface area contributed by atoms with Crippen molar-refractivity contribution >= 4 is 23.2 Å². The predicted molar refractivity (Wildman–Crippen MR) is 267 cm³/mol. The molecule has 2 N–H and O–H groups in total. The monoisotopic (exact) mass is 999 g/mol. The van der Waals surface area contributed by atoms with E-state index in [0.717, 1.165) is 22.5 Å². The molecular formula is C55H58FN5O12. The van der Waals surface area contributed by atoms with Gasteiger partial charge in [0.15, 0.2) is 0 Å². The highest BCUT2D eigenvalue weighted by Gasteiger charge is 2.66. The third-order valence-corrected chi connectivity index (χ3v) is 13.7. The van der Waals surface area contributed by atoms with Crippen molar-refractivity contribution in [2.75, 3.05) is 19.8 Å². The SMILES string of the molecule is C=CCO[C@@]12Oc3ccc(OCc4cccc(C)n4)cc3[C@H]3[C@H](CCCCO)[C@@H](CCCCO)C=C(C(=NOCc4ccc([N+](=O)[O-])cc4)C[C@@H]1N(Cc1ccc(F)cc1)C(=O)Oc1ccc([N+](=O)[O-])cc1)[C@H]32. The van der Waals surface area contributed by atoms with Crippen molar-refractivity contribution < 1.29 is 53.0 Å². The van der Waals surface area contributed by atoms with Crippen LogP contribution in [0, 0.1) is 50.7 Å². The van der Waals surface area contributed by atoms with Gasteiger partial charge in [-0.05, 0) is 128 Å². The van der Waals surface area contributed by atoms with Crippen molar-refractivity contribution in [2.45, 2.75) is 89.4 Å². The number of benzene rings is 4. The van der Waals surface area contributed by atoms with Crippen LogP contribution >= 0.6 is 0 Å². The van der Waals surface area contributed by atoms with E-state index in [-0.39, 0.29) is 75.0 Å². The maximum Gasteiger partial charge on any atom is 0.416 e. The molecule has 1 fully saturated rings. The zero-order chi connectivity index (χ0) is 51.5. The Morgan fingerprint density at radius 1 is 0.890 bits per heavy atom. The van der Waals surface area contributed by atoms with Gasteiger partial charge in [-0.3, -0.25) is 30.1 Å². The summed E-state index contributed by atoms with van der Waals surface area (Å²) >= 11 is 0. The Hall–Kier alpha value is -7.54. The molecule has 1 aromatic heterocycles. The Balaban J connectivity index is 1.32.